The molecule has 0 heterocycles. The van der Waals surface area contributed by atoms with Gasteiger partial charge in [-0.15, -0.1) is 0 Å². The Morgan fingerprint density at radius 2 is 1.36 bits per heavy atom. The minimum absolute atomic E-state index is 0.0714. The van der Waals surface area contributed by atoms with Crippen molar-refractivity contribution in [1.29, 1.82) is 0 Å². The molecule has 0 aromatic rings. The summed E-state index contributed by atoms with van der Waals surface area (Å²) in [6.45, 7) is 21.7. The molecule has 149 valence electrons. The molecule has 25 heavy (non-hydrogen) atoms. The van der Waals surface area contributed by atoms with Crippen LogP contribution < -0.4 is 0 Å². The zero-order valence-corrected chi connectivity index (χ0v) is 20.6. The molecule has 0 N–H and O–H groups in total. The van der Waals surface area contributed by atoms with Crippen LogP contribution in [-0.4, -0.2) is 37.8 Å². The van der Waals surface area contributed by atoms with Crippen molar-refractivity contribution < 1.29 is 18.1 Å². The van der Waals surface area contributed by atoms with E-state index in [9.17, 15) is 4.79 Å². The summed E-state index contributed by atoms with van der Waals surface area (Å²) in [4.78, 5) is 13.5. The molecule has 0 spiro atoms. The van der Waals surface area contributed by atoms with Crippen molar-refractivity contribution in [1.82, 2.24) is 0 Å². The second-order valence-corrected chi connectivity index (χ2v) is 17.5. The highest BCUT2D eigenvalue weighted by Gasteiger charge is 2.62. The van der Waals surface area contributed by atoms with Crippen LogP contribution in [0.2, 0.25) is 20.7 Å². The molecular formula is C19H41O4Si2. The molecular weight excluding hydrogens is 348 g/mol. The Kier molecular flexibility index (Phi) is 8.61. The number of hydrogen-bond donors (Lipinski definition) is 0. The summed E-state index contributed by atoms with van der Waals surface area (Å²) < 4.78 is 17.7. The first-order valence-electron chi connectivity index (χ1n) is 9.38. The number of carbonyl (C=O) groups excluding carboxylic acids is 1. The van der Waals surface area contributed by atoms with Gasteiger partial charge in [-0.05, 0) is 29.0 Å². The van der Waals surface area contributed by atoms with Crippen molar-refractivity contribution in [3.8, 4) is 0 Å². The van der Waals surface area contributed by atoms with E-state index in [0.29, 0.717) is 12.0 Å². The van der Waals surface area contributed by atoms with E-state index in [4.69, 9.17) is 13.3 Å². The molecule has 2 atom stereocenters. The SMILES string of the molecule is CCC(C)[Si](OC(=O)C(C)(CC)[Si](OC)OC)(C(C)(C)C)C(C)(C)C. The van der Waals surface area contributed by atoms with E-state index >= 15 is 0 Å². The van der Waals surface area contributed by atoms with Gasteiger partial charge in [0.1, 0.15) is 5.04 Å². The molecule has 0 aromatic heterocycles. The molecule has 0 saturated carbocycles. The third-order valence-electron chi connectivity index (χ3n) is 5.77. The lowest BCUT2D eigenvalue weighted by atomic mass is 10.1. The van der Waals surface area contributed by atoms with Gasteiger partial charge in [0.05, 0.1) is 0 Å². The molecule has 0 rings (SSSR count). The summed E-state index contributed by atoms with van der Waals surface area (Å²) in [5.41, 5.74) is 0.360. The van der Waals surface area contributed by atoms with Gasteiger partial charge in [0.25, 0.3) is 14.3 Å². The third kappa shape index (κ3) is 4.57. The van der Waals surface area contributed by atoms with Crippen molar-refractivity contribution in [2.75, 3.05) is 14.2 Å². The average Bonchev–Trinajstić information content (AvgIpc) is 2.49. The molecule has 1 radical (unpaired) electrons. The van der Waals surface area contributed by atoms with Crippen LogP contribution >= 0.6 is 0 Å². The smallest absolute Gasteiger partial charge is 0.402 e. The van der Waals surface area contributed by atoms with Crippen LogP contribution in [0, 0.1) is 0 Å². The lowest BCUT2D eigenvalue weighted by Gasteiger charge is -2.54. The standard InChI is InChI=1S/C19H41O4Si2/c1-13-15(3)25(17(4,5)6,18(7,8)9)23-16(20)19(10,14-2)24(21-11)22-12/h15H,13-14H2,1-12H3. The van der Waals surface area contributed by atoms with Crippen molar-refractivity contribution in [2.24, 2.45) is 0 Å². The first-order chi connectivity index (χ1) is 11.2. The normalized spacial score (nSPS) is 17.3. The van der Waals surface area contributed by atoms with Crippen LogP contribution in [0.25, 0.3) is 0 Å². The maximum atomic E-state index is 13.5. The molecule has 0 aliphatic carbocycles. The van der Waals surface area contributed by atoms with Crippen LogP contribution in [0.3, 0.4) is 0 Å². The van der Waals surface area contributed by atoms with E-state index in [1.54, 1.807) is 14.2 Å². The van der Waals surface area contributed by atoms with Crippen LogP contribution in [0.1, 0.15) is 82.1 Å². The van der Waals surface area contributed by atoms with E-state index in [0.717, 1.165) is 6.42 Å². The molecule has 4 nitrogen and oxygen atoms in total. The second-order valence-electron chi connectivity index (χ2n) is 9.32. The quantitative estimate of drug-likeness (QED) is 0.490. The van der Waals surface area contributed by atoms with E-state index in [1.165, 1.54) is 0 Å². The maximum absolute atomic E-state index is 13.5. The van der Waals surface area contributed by atoms with Gasteiger partial charge in [-0.3, -0.25) is 4.79 Å². The Hall–Kier alpha value is -0.176. The van der Waals surface area contributed by atoms with E-state index in [2.05, 4.69) is 55.4 Å². The van der Waals surface area contributed by atoms with Gasteiger partial charge < -0.3 is 13.3 Å². The molecule has 0 bridgehead atoms. The monoisotopic (exact) mass is 389 g/mol. The Labute approximate surface area is 159 Å². The van der Waals surface area contributed by atoms with E-state index in [-0.39, 0.29) is 16.0 Å². The summed E-state index contributed by atoms with van der Waals surface area (Å²) in [6, 6.07) is 0. The van der Waals surface area contributed by atoms with Gasteiger partial charge in [-0.1, -0.05) is 68.7 Å². The highest BCUT2D eigenvalue weighted by atomic mass is 28.4. The van der Waals surface area contributed by atoms with Gasteiger partial charge in [0, 0.05) is 14.2 Å². The van der Waals surface area contributed by atoms with Crippen LogP contribution in [-0.2, 0) is 18.1 Å². The Balaban J connectivity index is 6.25. The second kappa shape index (κ2) is 8.67. The summed E-state index contributed by atoms with van der Waals surface area (Å²) in [5.74, 6) is -0.149. The van der Waals surface area contributed by atoms with Gasteiger partial charge in [0.15, 0.2) is 0 Å². The van der Waals surface area contributed by atoms with Crippen molar-refractivity contribution in [3.05, 3.63) is 0 Å². The van der Waals surface area contributed by atoms with Crippen LogP contribution in [0.5, 0.6) is 0 Å². The predicted molar refractivity (Wildman–Crippen MR) is 109 cm³/mol. The summed E-state index contributed by atoms with van der Waals surface area (Å²) in [6.07, 6.45) is 1.64. The molecule has 0 aromatic carbocycles. The van der Waals surface area contributed by atoms with E-state index in [1.807, 2.05) is 13.8 Å². The van der Waals surface area contributed by atoms with Crippen LogP contribution in [0.15, 0.2) is 0 Å². The maximum Gasteiger partial charge on any atom is 0.402 e. The molecule has 0 aliphatic rings. The fourth-order valence-electron chi connectivity index (χ4n) is 4.46. The average molecular weight is 390 g/mol. The summed E-state index contributed by atoms with van der Waals surface area (Å²) in [5, 5.41) is -0.869. The molecule has 0 aliphatic heterocycles. The molecule has 6 heteroatoms. The Morgan fingerprint density at radius 1 is 0.960 bits per heavy atom. The largest absolute Gasteiger partial charge is 0.517 e. The van der Waals surface area contributed by atoms with Crippen molar-refractivity contribution >= 4 is 23.6 Å². The lowest BCUT2D eigenvalue weighted by molar-refractivity contribution is -0.140. The number of hydrogen-bond acceptors (Lipinski definition) is 4. The van der Waals surface area contributed by atoms with Crippen molar-refractivity contribution in [2.45, 2.75) is 103 Å². The van der Waals surface area contributed by atoms with Gasteiger partial charge in [-0.25, -0.2) is 0 Å². The molecule has 0 saturated heterocycles. The van der Waals surface area contributed by atoms with Crippen molar-refractivity contribution in [3.63, 3.8) is 0 Å². The number of carbonyl (C=O) groups is 1. The van der Waals surface area contributed by atoms with Gasteiger partial charge in [-0.2, -0.15) is 0 Å². The van der Waals surface area contributed by atoms with Crippen LogP contribution in [0.4, 0.5) is 0 Å². The zero-order valence-electron chi connectivity index (χ0n) is 18.6. The third-order valence-corrected chi connectivity index (χ3v) is 14.7. The molecule has 2 unspecified atom stereocenters. The fourth-order valence-corrected chi connectivity index (χ4v) is 13.3. The first kappa shape index (κ1) is 24.8. The minimum Gasteiger partial charge on any atom is -0.517 e. The molecule has 0 fully saturated rings. The lowest BCUT2D eigenvalue weighted by Crippen LogP contribution is -2.60. The highest BCUT2D eigenvalue weighted by molar-refractivity contribution is 6.82. The number of rotatable bonds is 8. The van der Waals surface area contributed by atoms with Gasteiger partial charge >= 0.3 is 9.28 Å². The predicted octanol–water partition coefficient (Wildman–Crippen LogP) is 5.83. The van der Waals surface area contributed by atoms with E-state index < -0.39 is 22.6 Å². The summed E-state index contributed by atoms with van der Waals surface area (Å²) in [7, 11) is -1.03. The highest BCUT2D eigenvalue weighted by Crippen LogP contribution is 2.59. The first-order valence-corrected chi connectivity index (χ1v) is 12.7. The minimum atomic E-state index is -2.51. The Bertz CT molecular complexity index is 422. The fraction of sp³-hybridized carbons (Fsp3) is 0.947. The zero-order chi connectivity index (χ0) is 20.3. The van der Waals surface area contributed by atoms with Gasteiger partial charge in [0.2, 0.25) is 0 Å². The molecule has 0 amide bonds. The Morgan fingerprint density at radius 3 is 1.60 bits per heavy atom. The summed E-state index contributed by atoms with van der Waals surface area (Å²) >= 11 is 0. The topological polar surface area (TPSA) is 44.8 Å².